The molecule has 25 heavy (non-hydrogen) atoms. The Morgan fingerprint density at radius 1 is 1.00 bits per heavy atom. The second kappa shape index (κ2) is 7.18. The minimum absolute atomic E-state index is 0.147. The average Bonchev–Trinajstić information content (AvgIpc) is 3.32. The molecule has 0 N–H and O–H groups in total. The van der Waals surface area contributed by atoms with Gasteiger partial charge in [-0.2, -0.15) is 0 Å². The summed E-state index contributed by atoms with van der Waals surface area (Å²) in [5, 5.41) is 0. The number of hydrogen-bond acceptors (Lipinski definition) is 3. The summed E-state index contributed by atoms with van der Waals surface area (Å²) in [6.45, 7) is 3.44. The van der Waals surface area contributed by atoms with E-state index in [4.69, 9.17) is 4.74 Å². The summed E-state index contributed by atoms with van der Waals surface area (Å²) < 4.78 is 5.67. The number of para-hydroxylation sites is 1. The highest BCUT2D eigenvalue weighted by molar-refractivity contribution is 5.96. The van der Waals surface area contributed by atoms with Crippen molar-refractivity contribution in [1.29, 1.82) is 0 Å². The van der Waals surface area contributed by atoms with Crippen LogP contribution in [0.1, 0.15) is 24.8 Å². The molecular weight excluding hydrogens is 312 g/mol. The molecule has 1 amide bonds. The van der Waals surface area contributed by atoms with E-state index in [1.165, 1.54) is 24.1 Å². The molecule has 0 unspecified atom stereocenters. The van der Waals surface area contributed by atoms with Gasteiger partial charge >= 0.3 is 0 Å². The van der Waals surface area contributed by atoms with Gasteiger partial charge in [-0.1, -0.05) is 24.3 Å². The molecule has 0 spiro atoms. The molecular formula is C21H24N2O2. The third-order valence-electron chi connectivity index (χ3n) is 5.06. The van der Waals surface area contributed by atoms with Gasteiger partial charge in [0.05, 0.1) is 13.0 Å². The number of nitrogens with zero attached hydrogens (tertiary/aromatic N) is 2. The first kappa shape index (κ1) is 16.0. The molecule has 2 aromatic carbocycles. The molecule has 1 fully saturated rings. The topological polar surface area (TPSA) is 32.8 Å². The molecule has 1 saturated heterocycles. The maximum Gasteiger partial charge on any atom is 0.230 e. The number of carbonyl (C=O) groups is 1. The minimum Gasteiger partial charge on any atom is -0.493 e. The van der Waals surface area contributed by atoms with Crippen LogP contribution in [-0.2, 0) is 11.2 Å². The standard InChI is InChI=1S/C21H24N2O2/c24-21(11-15-25-19-6-2-1-3-7-19)23-14-10-17-8-9-18(16-20(17)23)22-12-4-5-13-22/h1-3,6-9,16H,4-5,10-15H2. The Morgan fingerprint density at radius 2 is 1.80 bits per heavy atom. The summed E-state index contributed by atoms with van der Waals surface area (Å²) >= 11 is 0. The first-order valence-corrected chi connectivity index (χ1v) is 9.17. The quantitative estimate of drug-likeness (QED) is 0.836. The van der Waals surface area contributed by atoms with Crippen LogP contribution < -0.4 is 14.5 Å². The number of benzene rings is 2. The molecule has 0 saturated carbocycles. The van der Waals surface area contributed by atoms with Crippen LogP contribution in [-0.4, -0.2) is 32.1 Å². The molecule has 0 atom stereocenters. The number of amides is 1. The predicted octanol–water partition coefficient (Wildman–Crippen LogP) is 3.65. The maximum atomic E-state index is 12.7. The highest BCUT2D eigenvalue weighted by Gasteiger charge is 2.25. The summed E-state index contributed by atoms with van der Waals surface area (Å²) in [5.74, 6) is 0.960. The minimum atomic E-state index is 0.147. The number of hydrogen-bond donors (Lipinski definition) is 0. The van der Waals surface area contributed by atoms with E-state index in [0.717, 1.165) is 37.5 Å². The Hall–Kier alpha value is -2.49. The third kappa shape index (κ3) is 3.48. The number of ether oxygens (including phenoxy) is 1. The normalized spacial score (nSPS) is 16.2. The van der Waals surface area contributed by atoms with Gasteiger partial charge in [0.2, 0.25) is 5.91 Å². The number of anilines is 2. The fraction of sp³-hybridized carbons (Fsp3) is 0.381. The fourth-order valence-corrected chi connectivity index (χ4v) is 3.71. The van der Waals surface area contributed by atoms with Crippen molar-refractivity contribution in [2.45, 2.75) is 25.7 Å². The molecule has 2 heterocycles. The number of rotatable bonds is 5. The van der Waals surface area contributed by atoms with E-state index in [0.29, 0.717) is 13.0 Å². The highest BCUT2D eigenvalue weighted by Crippen LogP contribution is 2.33. The first-order chi connectivity index (χ1) is 12.3. The first-order valence-electron chi connectivity index (χ1n) is 9.17. The molecule has 2 aliphatic rings. The Morgan fingerprint density at radius 3 is 2.60 bits per heavy atom. The number of carbonyl (C=O) groups excluding carboxylic acids is 1. The van der Waals surface area contributed by atoms with Crippen molar-refractivity contribution in [2.75, 3.05) is 36.0 Å². The number of fused-ring (bicyclic) bond motifs is 1. The molecule has 0 radical (unpaired) electrons. The summed E-state index contributed by atoms with van der Waals surface area (Å²) in [6, 6.07) is 16.3. The lowest BCUT2D eigenvalue weighted by Gasteiger charge is -2.22. The molecule has 2 aromatic rings. The summed E-state index contributed by atoms with van der Waals surface area (Å²) in [6.07, 6.45) is 3.87. The Balaban J connectivity index is 1.40. The molecule has 4 nitrogen and oxygen atoms in total. The third-order valence-corrected chi connectivity index (χ3v) is 5.06. The summed E-state index contributed by atoms with van der Waals surface area (Å²) in [5.41, 5.74) is 3.62. The van der Waals surface area contributed by atoms with Crippen molar-refractivity contribution in [3.05, 3.63) is 54.1 Å². The molecule has 130 valence electrons. The van der Waals surface area contributed by atoms with Crippen molar-refractivity contribution < 1.29 is 9.53 Å². The van der Waals surface area contributed by atoms with E-state index in [9.17, 15) is 4.79 Å². The van der Waals surface area contributed by atoms with Gasteiger partial charge in [-0.05, 0) is 49.1 Å². The zero-order chi connectivity index (χ0) is 17.1. The summed E-state index contributed by atoms with van der Waals surface area (Å²) in [7, 11) is 0. The zero-order valence-electron chi connectivity index (χ0n) is 14.5. The lowest BCUT2D eigenvalue weighted by Crippen LogP contribution is -2.30. The van der Waals surface area contributed by atoms with Gasteiger partial charge in [0.1, 0.15) is 5.75 Å². The van der Waals surface area contributed by atoms with Crippen LogP contribution in [0, 0.1) is 0 Å². The molecule has 4 rings (SSSR count). The molecule has 0 aliphatic carbocycles. The highest BCUT2D eigenvalue weighted by atomic mass is 16.5. The van der Waals surface area contributed by atoms with Crippen LogP contribution in [0.3, 0.4) is 0 Å². The SMILES string of the molecule is O=C(CCOc1ccccc1)N1CCc2ccc(N3CCCC3)cc21. The van der Waals surface area contributed by atoms with E-state index < -0.39 is 0 Å². The second-order valence-corrected chi connectivity index (χ2v) is 6.71. The lowest BCUT2D eigenvalue weighted by atomic mass is 10.1. The summed E-state index contributed by atoms with van der Waals surface area (Å²) in [4.78, 5) is 17.0. The maximum absolute atomic E-state index is 12.7. The second-order valence-electron chi connectivity index (χ2n) is 6.71. The fourth-order valence-electron chi connectivity index (χ4n) is 3.71. The largest absolute Gasteiger partial charge is 0.493 e. The average molecular weight is 336 g/mol. The molecule has 0 aromatic heterocycles. The predicted molar refractivity (Wildman–Crippen MR) is 101 cm³/mol. The monoisotopic (exact) mass is 336 g/mol. The lowest BCUT2D eigenvalue weighted by molar-refractivity contribution is -0.119. The van der Waals surface area contributed by atoms with E-state index >= 15 is 0 Å². The molecule has 0 bridgehead atoms. The van der Waals surface area contributed by atoms with E-state index in [1.807, 2.05) is 35.2 Å². The van der Waals surface area contributed by atoms with Gasteiger partial charge in [-0.25, -0.2) is 0 Å². The molecule has 4 heteroatoms. The molecule has 2 aliphatic heterocycles. The Labute approximate surface area is 149 Å². The van der Waals surface area contributed by atoms with E-state index in [2.05, 4.69) is 23.1 Å². The van der Waals surface area contributed by atoms with Crippen LogP contribution in [0.25, 0.3) is 0 Å². The van der Waals surface area contributed by atoms with Crippen LogP contribution >= 0.6 is 0 Å². The van der Waals surface area contributed by atoms with Crippen LogP contribution in [0.15, 0.2) is 48.5 Å². The van der Waals surface area contributed by atoms with Crippen molar-refractivity contribution in [3.8, 4) is 5.75 Å². The van der Waals surface area contributed by atoms with Gasteiger partial charge in [0.15, 0.2) is 0 Å². The van der Waals surface area contributed by atoms with Crippen molar-refractivity contribution in [1.82, 2.24) is 0 Å². The van der Waals surface area contributed by atoms with Crippen LogP contribution in [0.2, 0.25) is 0 Å². The van der Waals surface area contributed by atoms with Crippen LogP contribution in [0.4, 0.5) is 11.4 Å². The van der Waals surface area contributed by atoms with Gasteiger partial charge < -0.3 is 14.5 Å². The Bertz CT molecular complexity index is 739. The smallest absolute Gasteiger partial charge is 0.230 e. The van der Waals surface area contributed by atoms with E-state index in [-0.39, 0.29) is 5.91 Å². The van der Waals surface area contributed by atoms with Crippen molar-refractivity contribution in [3.63, 3.8) is 0 Å². The van der Waals surface area contributed by atoms with E-state index in [1.54, 1.807) is 0 Å². The van der Waals surface area contributed by atoms with Gasteiger partial charge in [-0.15, -0.1) is 0 Å². The van der Waals surface area contributed by atoms with Crippen LogP contribution in [0.5, 0.6) is 5.75 Å². The van der Waals surface area contributed by atoms with Crippen molar-refractivity contribution >= 4 is 17.3 Å². The zero-order valence-corrected chi connectivity index (χ0v) is 14.5. The van der Waals surface area contributed by atoms with Gasteiger partial charge in [-0.3, -0.25) is 4.79 Å². The van der Waals surface area contributed by atoms with Gasteiger partial charge in [0, 0.05) is 31.0 Å². The van der Waals surface area contributed by atoms with Gasteiger partial charge in [0.25, 0.3) is 0 Å². The Kier molecular flexibility index (Phi) is 4.59. The van der Waals surface area contributed by atoms with Crippen molar-refractivity contribution in [2.24, 2.45) is 0 Å².